The van der Waals surface area contributed by atoms with Crippen molar-refractivity contribution in [3.8, 4) is 0 Å². The SMILES string of the molecule is Cc1cccc(NC(=O)N(CCNC(=O)c2ccccc2Cl)c2ccc(F)cc2)c1. The summed E-state index contributed by atoms with van der Waals surface area (Å²) in [5.74, 6) is -0.733. The van der Waals surface area contributed by atoms with Crippen LogP contribution in [0, 0.1) is 12.7 Å². The van der Waals surface area contributed by atoms with E-state index in [1.54, 1.807) is 30.3 Å². The van der Waals surface area contributed by atoms with Gasteiger partial charge in [-0.05, 0) is 61.0 Å². The molecule has 0 aliphatic carbocycles. The van der Waals surface area contributed by atoms with Crippen molar-refractivity contribution in [3.63, 3.8) is 0 Å². The van der Waals surface area contributed by atoms with Gasteiger partial charge in [-0.15, -0.1) is 0 Å². The number of urea groups is 1. The Balaban J connectivity index is 1.71. The van der Waals surface area contributed by atoms with E-state index in [1.165, 1.54) is 29.2 Å². The van der Waals surface area contributed by atoms with E-state index in [4.69, 9.17) is 11.6 Å². The Morgan fingerprint density at radius 1 is 1.00 bits per heavy atom. The molecular weight excluding hydrogens is 405 g/mol. The van der Waals surface area contributed by atoms with Gasteiger partial charge < -0.3 is 10.6 Å². The third-order valence-corrected chi connectivity index (χ3v) is 4.72. The van der Waals surface area contributed by atoms with Crippen molar-refractivity contribution in [3.05, 3.63) is 94.8 Å². The lowest BCUT2D eigenvalue weighted by Crippen LogP contribution is -2.41. The highest BCUT2D eigenvalue weighted by atomic mass is 35.5. The average Bonchev–Trinajstić information content (AvgIpc) is 2.72. The van der Waals surface area contributed by atoms with Crippen LogP contribution in [0.15, 0.2) is 72.8 Å². The zero-order valence-electron chi connectivity index (χ0n) is 16.4. The van der Waals surface area contributed by atoms with Gasteiger partial charge in [0.1, 0.15) is 5.82 Å². The van der Waals surface area contributed by atoms with Crippen LogP contribution in [-0.4, -0.2) is 25.0 Å². The summed E-state index contributed by atoms with van der Waals surface area (Å²) in [7, 11) is 0. The Morgan fingerprint density at radius 3 is 2.43 bits per heavy atom. The van der Waals surface area contributed by atoms with Gasteiger partial charge in [-0.25, -0.2) is 9.18 Å². The monoisotopic (exact) mass is 425 g/mol. The number of nitrogens with one attached hydrogen (secondary N) is 2. The first-order valence-corrected chi connectivity index (χ1v) is 9.75. The number of nitrogens with zero attached hydrogens (tertiary/aromatic N) is 1. The molecule has 0 aromatic heterocycles. The Kier molecular flexibility index (Phi) is 7.03. The predicted molar refractivity (Wildman–Crippen MR) is 118 cm³/mol. The van der Waals surface area contributed by atoms with E-state index in [2.05, 4.69) is 10.6 Å². The molecule has 0 unspecified atom stereocenters. The minimum Gasteiger partial charge on any atom is -0.350 e. The van der Waals surface area contributed by atoms with Crippen LogP contribution in [0.1, 0.15) is 15.9 Å². The normalized spacial score (nSPS) is 10.4. The molecule has 0 spiro atoms. The minimum atomic E-state index is -0.398. The van der Waals surface area contributed by atoms with E-state index in [1.807, 2.05) is 25.1 Å². The fourth-order valence-corrected chi connectivity index (χ4v) is 3.13. The number of carbonyl (C=O) groups excluding carboxylic acids is 2. The lowest BCUT2D eigenvalue weighted by atomic mass is 10.2. The molecule has 154 valence electrons. The molecule has 3 rings (SSSR count). The zero-order valence-corrected chi connectivity index (χ0v) is 17.1. The summed E-state index contributed by atoms with van der Waals surface area (Å²) in [4.78, 5) is 26.7. The van der Waals surface area contributed by atoms with Crippen LogP contribution in [0.5, 0.6) is 0 Å². The molecule has 30 heavy (non-hydrogen) atoms. The number of rotatable bonds is 6. The largest absolute Gasteiger partial charge is 0.350 e. The summed E-state index contributed by atoms with van der Waals surface area (Å²) in [5, 5.41) is 5.94. The fraction of sp³-hybridized carbons (Fsp3) is 0.130. The van der Waals surface area contributed by atoms with Gasteiger partial charge in [-0.2, -0.15) is 0 Å². The number of halogens is 2. The van der Waals surface area contributed by atoms with Gasteiger partial charge in [0.15, 0.2) is 0 Å². The van der Waals surface area contributed by atoms with E-state index in [0.717, 1.165) is 5.56 Å². The number of hydrogen-bond acceptors (Lipinski definition) is 2. The second-order valence-electron chi connectivity index (χ2n) is 6.66. The number of carbonyl (C=O) groups is 2. The molecule has 0 atom stereocenters. The summed E-state index contributed by atoms with van der Waals surface area (Å²) in [5.41, 5.74) is 2.52. The van der Waals surface area contributed by atoms with Crippen molar-refractivity contribution in [2.75, 3.05) is 23.3 Å². The van der Waals surface area contributed by atoms with Crippen LogP contribution >= 0.6 is 11.6 Å². The van der Waals surface area contributed by atoms with Gasteiger partial charge in [-0.3, -0.25) is 9.69 Å². The first kappa shape index (κ1) is 21.3. The first-order chi connectivity index (χ1) is 14.4. The molecular formula is C23H21ClFN3O2. The topological polar surface area (TPSA) is 61.4 Å². The maximum absolute atomic E-state index is 13.3. The summed E-state index contributed by atoms with van der Waals surface area (Å²) in [6.45, 7) is 2.29. The highest BCUT2D eigenvalue weighted by molar-refractivity contribution is 6.33. The van der Waals surface area contributed by atoms with Crippen LogP contribution in [0.4, 0.5) is 20.6 Å². The Hall–Kier alpha value is -3.38. The number of amides is 3. The number of benzene rings is 3. The third kappa shape index (κ3) is 5.58. The second kappa shape index (κ2) is 9.89. The molecule has 0 aliphatic heterocycles. The van der Waals surface area contributed by atoms with Gasteiger partial charge >= 0.3 is 6.03 Å². The van der Waals surface area contributed by atoms with Crippen LogP contribution in [0.3, 0.4) is 0 Å². The van der Waals surface area contributed by atoms with E-state index in [0.29, 0.717) is 22.0 Å². The van der Waals surface area contributed by atoms with Crippen molar-refractivity contribution >= 4 is 34.9 Å². The number of hydrogen-bond donors (Lipinski definition) is 2. The van der Waals surface area contributed by atoms with Crippen LogP contribution in [-0.2, 0) is 0 Å². The van der Waals surface area contributed by atoms with E-state index < -0.39 is 5.82 Å². The first-order valence-electron chi connectivity index (χ1n) is 9.37. The summed E-state index contributed by atoms with van der Waals surface area (Å²) >= 11 is 6.05. The van der Waals surface area contributed by atoms with Crippen molar-refractivity contribution in [1.82, 2.24) is 5.32 Å². The molecule has 3 amide bonds. The molecule has 2 N–H and O–H groups in total. The molecule has 0 bridgehead atoms. The maximum Gasteiger partial charge on any atom is 0.326 e. The molecule has 0 radical (unpaired) electrons. The smallest absolute Gasteiger partial charge is 0.326 e. The van der Waals surface area contributed by atoms with Crippen molar-refractivity contribution < 1.29 is 14.0 Å². The van der Waals surface area contributed by atoms with Gasteiger partial charge in [0, 0.05) is 24.5 Å². The Labute approximate surface area is 179 Å². The van der Waals surface area contributed by atoms with Crippen LogP contribution < -0.4 is 15.5 Å². The lowest BCUT2D eigenvalue weighted by molar-refractivity contribution is 0.0954. The van der Waals surface area contributed by atoms with Crippen molar-refractivity contribution in [1.29, 1.82) is 0 Å². The van der Waals surface area contributed by atoms with Crippen LogP contribution in [0.2, 0.25) is 5.02 Å². The number of anilines is 2. The highest BCUT2D eigenvalue weighted by Gasteiger charge is 2.17. The number of aryl methyl sites for hydroxylation is 1. The third-order valence-electron chi connectivity index (χ3n) is 4.39. The second-order valence-corrected chi connectivity index (χ2v) is 7.07. The summed E-state index contributed by atoms with van der Waals surface area (Å²) in [6, 6.07) is 19.3. The molecule has 0 saturated heterocycles. The molecule has 0 heterocycles. The fourth-order valence-electron chi connectivity index (χ4n) is 2.90. The standard InChI is InChI=1S/C23H21ClFN3O2/c1-16-5-4-6-18(15-16)27-23(30)28(19-11-9-17(25)10-12-19)14-13-26-22(29)20-7-2-3-8-21(20)24/h2-12,15H,13-14H2,1H3,(H,26,29)(H,27,30). The van der Waals surface area contributed by atoms with E-state index >= 15 is 0 Å². The molecule has 0 fully saturated rings. The quantitative estimate of drug-likeness (QED) is 0.566. The molecule has 7 heteroatoms. The molecule has 5 nitrogen and oxygen atoms in total. The Morgan fingerprint density at radius 2 is 1.73 bits per heavy atom. The Bertz CT molecular complexity index is 1040. The molecule has 0 saturated carbocycles. The van der Waals surface area contributed by atoms with Crippen LogP contribution in [0.25, 0.3) is 0 Å². The lowest BCUT2D eigenvalue weighted by Gasteiger charge is -2.23. The van der Waals surface area contributed by atoms with E-state index in [-0.39, 0.29) is 25.0 Å². The predicted octanol–water partition coefficient (Wildman–Crippen LogP) is 5.26. The van der Waals surface area contributed by atoms with E-state index in [9.17, 15) is 14.0 Å². The van der Waals surface area contributed by atoms with Gasteiger partial charge in [0.05, 0.1) is 10.6 Å². The molecule has 3 aromatic carbocycles. The maximum atomic E-state index is 13.3. The summed E-state index contributed by atoms with van der Waals surface area (Å²) < 4.78 is 13.3. The molecule has 0 aliphatic rings. The van der Waals surface area contributed by atoms with Gasteiger partial charge in [0.25, 0.3) is 5.91 Å². The van der Waals surface area contributed by atoms with Gasteiger partial charge in [-0.1, -0.05) is 35.9 Å². The minimum absolute atomic E-state index is 0.180. The summed E-state index contributed by atoms with van der Waals surface area (Å²) in [6.07, 6.45) is 0. The zero-order chi connectivity index (χ0) is 21.5. The van der Waals surface area contributed by atoms with Crippen molar-refractivity contribution in [2.45, 2.75) is 6.92 Å². The molecule has 3 aromatic rings. The van der Waals surface area contributed by atoms with Gasteiger partial charge in [0.2, 0.25) is 0 Å². The highest BCUT2D eigenvalue weighted by Crippen LogP contribution is 2.18. The average molecular weight is 426 g/mol. The van der Waals surface area contributed by atoms with Crippen molar-refractivity contribution in [2.24, 2.45) is 0 Å².